The summed E-state index contributed by atoms with van der Waals surface area (Å²) >= 11 is 3.33. The van der Waals surface area contributed by atoms with Crippen LogP contribution >= 0.6 is 15.9 Å². The molecule has 110 valence electrons. The molecule has 1 aromatic carbocycles. The van der Waals surface area contributed by atoms with Crippen molar-refractivity contribution in [1.29, 1.82) is 0 Å². The van der Waals surface area contributed by atoms with E-state index in [2.05, 4.69) is 15.9 Å². The maximum absolute atomic E-state index is 11.9. The lowest BCUT2D eigenvalue weighted by molar-refractivity contribution is -0.139. The summed E-state index contributed by atoms with van der Waals surface area (Å²) in [6.45, 7) is 2.36. The van der Waals surface area contributed by atoms with Crippen LogP contribution < -0.4 is 4.74 Å². The summed E-state index contributed by atoms with van der Waals surface area (Å²) < 4.78 is 10.2. The Morgan fingerprint density at radius 2 is 2.20 bits per heavy atom. The zero-order valence-electron chi connectivity index (χ0n) is 11.7. The highest BCUT2D eigenvalue weighted by Crippen LogP contribution is 2.27. The number of methoxy groups -OCH3 is 1. The van der Waals surface area contributed by atoms with Crippen molar-refractivity contribution in [3.8, 4) is 11.5 Å². The number of aromatic hydroxyl groups is 1. The Kier molecular flexibility index (Phi) is 7.15. The van der Waals surface area contributed by atoms with Crippen molar-refractivity contribution in [3.63, 3.8) is 0 Å². The number of alkyl halides is 1. The summed E-state index contributed by atoms with van der Waals surface area (Å²) in [4.78, 5) is 11.9. The van der Waals surface area contributed by atoms with Gasteiger partial charge in [-0.1, -0.05) is 28.9 Å². The third-order valence-electron chi connectivity index (χ3n) is 2.61. The summed E-state index contributed by atoms with van der Waals surface area (Å²) in [5.74, 6) is 0.137. The number of ether oxygens (including phenoxy) is 2. The number of carbonyl (C=O) groups is 1. The second-order valence-electron chi connectivity index (χ2n) is 4.18. The third-order valence-corrected chi connectivity index (χ3v) is 3.00. The third kappa shape index (κ3) is 4.89. The van der Waals surface area contributed by atoms with Crippen LogP contribution in [0.25, 0.3) is 6.08 Å². The first-order valence-corrected chi connectivity index (χ1v) is 7.55. The summed E-state index contributed by atoms with van der Waals surface area (Å²) in [7, 11) is 1.48. The predicted molar refractivity (Wildman–Crippen MR) is 82.3 cm³/mol. The minimum atomic E-state index is -0.307. The molecule has 0 aliphatic heterocycles. The van der Waals surface area contributed by atoms with E-state index in [1.54, 1.807) is 18.2 Å². The topological polar surface area (TPSA) is 55.8 Å². The number of hydrogen-bond donors (Lipinski definition) is 1. The molecule has 1 N–H and O–H groups in total. The van der Waals surface area contributed by atoms with Crippen LogP contribution in [0, 0.1) is 0 Å². The smallest absolute Gasteiger partial charge is 0.334 e. The quantitative estimate of drug-likeness (QED) is 0.468. The van der Waals surface area contributed by atoms with E-state index in [0.717, 1.165) is 12.0 Å². The van der Waals surface area contributed by atoms with Crippen LogP contribution in [0.2, 0.25) is 0 Å². The molecule has 0 amide bonds. The normalized spacial score (nSPS) is 11.2. The SMILES string of the molecule is CCCOC(=O)/C(=C/c1ccc(O)c(OC)c1)CCBr. The van der Waals surface area contributed by atoms with E-state index in [1.807, 2.05) is 6.92 Å². The Hall–Kier alpha value is -1.49. The number of esters is 1. The van der Waals surface area contributed by atoms with E-state index in [4.69, 9.17) is 9.47 Å². The fourth-order valence-electron chi connectivity index (χ4n) is 1.61. The summed E-state index contributed by atoms with van der Waals surface area (Å²) in [5.41, 5.74) is 1.37. The average molecular weight is 343 g/mol. The van der Waals surface area contributed by atoms with Gasteiger partial charge in [-0.25, -0.2) is 4.79 Å². The summed E-state index contributed by atoms with van der Waals surface area (Å²) in [6, 6.07) is 4.93. The van der Waals surface area contributed by atoms with Crippen molar-refractivity contribution < 1.29 is 19.4 Å². The molecule has 1 rings (SSSR count). The Morgan fingerprint density at radius 1 is 1.45 bits per heavy atom. The Bertz CT molecular complexity index is 483. The van der Waals surface area contributed by atoms with Gasteiger partial charge >= 0.3 is 5.97 Å². The van der Waals surface area contributed by atoms with Gasteiger partial charge in [0.15, 0.2) is 11.5 Å². The van der Waals surface area contributed by atoms with Gasteiger partial charge in [0.25, 0.3) is 0 Å². The summed E-state index contributed by atoms with van der Waals surface area (Å²) in [6.07, 6.45) is 3.12. The van der Waals surface area contributed by atoms with Gasteiger partial charge < -0.3 is 14.6 Å². The average Bonchev–Trinajstić information content (AvgIpc) is 2.46. The van der Waals surface area contributed by atoms with Gasteiger partial charge in [0, 0.05) is 10.9 Å². The first-order chi connectivity index (χ1) is 9.62. The van der Waals surface area contributed by atoms with Gasteiger partial charge in [0.2, 0.25) is 0 Å². The van der Waals surface area contributed by atoms with Crippen LogP contribution in [-0.2, 0) is 9.53 Å². The van der Waals surface area contributed by atoms with Gasteiger partial charge in [-0.15, -0.1) is 0 Å². The molecule has 5 heteroatoms. The Labute approximate surface area is 127 Å². The van der Waals surface area contributed by atoms with Gasteiger partial charge in [0.1, 0.15) is 0 Å². The molecule has 0 radical (unpaired) electrons. The highest BCUT2D eigenvalue weighted by Gasteiger charge is 2.11. The zero-order valence-corrected chi connectivity index (χ0v) is 13.3. The van der Waals surface area contributed by atoms with Crippen molar-refractivity contribution in [2.75, 3.05) is 19.0 Å². The number of rotatable bonds is 7. The lowest BCUT2D eigenvalue weighted by Gasteiger charge is -2.08. The van der Waals surface area contributed by atoms with Crippen LogP contribution in [-0.4, -0.2) is 30.1 Å². The molecule has 0 aliphatic carbocycles. The van der Waals surface area contributed by atoms with Crippen molar-refractivity contribution in [1.82, 2.24) is 0 Å². The van der Waals surface area contributed by atoms with Crippen molar-refractivity contribution >= 4 is 28.0 Å². The minimum absolute atomic E-state index is 0.0697. The molecule has 0 aliphatic rings. The standard InChI is InChI=1S/C15H19BrO4/c1-3-8-20-15(18)12(6-7-16)9-11-4-5-13(17)14(10-11)19-2/h4-5,9-10,17H,3,6-8H2,1-2H3/b12-9+. The molecule has 0 bridgehead atoms. The van der Waals surface area contributed by atoms with Crippen LogP contribution in [0.15, 0.2) is 23.8 Å². The van der Waals surface area contributed by atoms with E-state index >= 15 is 0 Å². The lowest BCUT2D eigenvalue weighted by Crippen LogP contribution is -2.09. The maximum Gasteiger partial charge on any atom is 0.334 e. The molecule has 0 saturated heterocycles. The lowest BCUT2D eigenvalue weighted by atomic mass is 10.1. The van der Waals surface area contributed by atoms with Crippen molar-refractivity contribution in [2.45, 2.75) is 19.8 Å². The van der Waals surface area contributed by atoms with Crippen LogP contribution in [0.4, 0.5) is 0 Å². The number of hydrogen-bond acceptors (Lipinski definition) is 4. The highest BCUT2D eigenvalue weighted by molar-refractivity contribution is 9.09. The van der Waals surface area contributed by atoms with Crippen LogP contribution in [0.3, 0.4) is 0 Å². The molecule has 0 aromatic heterocycles. The highest BCUT2D eigenvalue weighted by atomic mass is 79.9. The van der Waals surface area contributed by atoms with Crippen LogP contribution in [0.5, 0.6) is 11.5 Å². The molecule has 0 atom stereocenters. The second-order valence-corrected chi connectivity index (χ2v) is 4.97. The fourth-order valence-corrected chi connectivity index (χ4v) is 2.03. The first-order valence-electron chi connectivity index (χ1n) is 6.43. The predicted octanol–water partition coefficient (Wildman–Crippen LogP) is 3.52. The van der Waals surface area contributed by atoms with Gasteiger partial charge in [-0.05, 0) is 36.6 Å². The van der Waals surface area contributed by atoms with E-state index in [9.17, 15) is 9.90 Å². The number of carbonyl (C=O) groups excluding carboxylic acids is 1. The summed E-state index contributed by atoms with van der Waals surface area (Å²) in [5, 5.41) is 10.2. The second kappa shape index (κ2) is 8.64. The van der Waals surface area contributed by atoms with E-state index in [1.165, 1.54) is 13.2 Å². The van der Waals surface area contributed by atoms with Gasteiger partial charge in [-0.3, -0.25) is 0 Å². The van der Waals surface area contributed by atoms with Gasteiger partial charge in [-0.2, -0.15) is 0 Å². The van der Waals surface area contributed by atoms with E-state index < -0.39 is 0 Å². The molecule has 0 fully saturated rings. The zero-order chi connectivity index (χ0) is 15.0. The largest absolute Gasteiger partial charge is 0.504 e. The first kappa shape index (κ1) is 16.6. The monoisotopic (exact) mass is 342 g/mol. The number of halogens is 1. The molecule has 0 spiro atoms. The van der Waals surface area contributed by atoms with E-state index in [0.29, 0.717) is 29.7 Å². The van der Waals surface area contributed by atoms with Crippen LogP contribution in [0.1, 0.15) is 25.3 Å². The molecule has 0 saturated carbocycles. The molecular weight excluding hydrogens is 324 g/mol. The molecular formula is C15H19BrO4. The van der Waals surface area contributed by atoms with E-state index in [-0.39, 0.29) is 11.7 Å². The molecule has 0 unspecified atom stereocenters. The number of phenols is 1. The Balaban J connectivity index is 2.98. The molecule has 0 heterocycles. The Morgan fingerprint density at radius 3 is 2.80 bits per heavy atom. The van der Waals surface area contributed by atoms with Crippen molar-refractivity contribution in [3.05, 3.63) is 29.3 Å². The number of phenolic OH excluding ortho intramolecular Hbond substituents is 1. The minimum Gasteiger partial charge on any atom is -0.504 e. The molecule has 4 nitrogen and oxygen atoms in total. The van der Waals surface area contributed by atoms with Gasteiger partial charge in [0.05, 0.1) is 13.7 Å². The maximum atomic E-state index is 11.9. The fraction of sp³-hybridized carbons (Fsp3) is 0.400. The molecule has 1 aromatic rings. The molecule has 20 heavy (non-hydrogen) atoms. The van der Waals surface area contributed by atoms with Crippen molar-refractivity contribution in [2.24, 2.45) is 0 Å². The number of benzene rings is 1.